The highest BCUT2D eigenvalue weighted by Crippen LogP contribution is 2.25. The Labute approximate surface area is 131 Å². The van der Waals surface area contributed by atoms with Crippen molar-refractivity contribution in [1.82, 2.24) is 9.97 Å². The van der Waals surface area contributed by atoms with E-state index in [1.807, 2.05) is 18.2 Å². The molecule has 3 rings (SSSR count). The molecule has 1 N–H and O–H groups in total. The van der Waals surface area contributed by atoms with Crippen molar-refractivity contribution in [2.75, 3.05) is 0 Å². The smallest absolute Gasteiger partial charge is 0.113 e. The highest BCUT2D eigenvalue weighted by Gasteiger charge is 2.07. The first-order chi connectivity index (χ1) is 10.7. The number of benzene rings is 1. The molecule has 22 heavy (non-hydrogen) atoms. The van der Waals surface area contributed by atoms with Gasteiger partial charge in [0.15, 0.2) is 0 Å². The molecule has 0 unspecified atom stereocenters. The van der Waals surface area contributed by atoms with Gasteiger partial charge in [0.25, 0.3) is 0 Å². The van der Waals surface area contributed by atoms with E-state index in [2.05, 4.69) is 59.9 Å². The summed E-state index contributed by atoms with van der Waals surface area (Å²) in [5, 5.41) is 1.29. The molecule has 0 aliphatic carbocycles. The largest absolute Gasteiger partial charge is 0.358 e. The molecule has 0 spiro atoms. The third kappa shape index (κ3) is 3.20. The number of aromatic nitrogens is 2. The van der Waals surface area contributed by atoms with Crippen LogP contribution in [0.2, 0.25) is 0 Å². The Balaban J connectivity index is 1.73. The van der Waals surface area contributed by atoms with Gasteiger partial charge in [-0.1, -0.05) is 44.0 Å². The van der Waals surface area contributed by atoms with E-state index in [-0.39, 0.29) is 0 Å². The molecule has 2 heteroatoms. The van der Waals surface area contributed by atoms with Crippen LogP contribution in [0.5, 0.6) is 0 Å². The number of hydrogen-bond acceptors (Lipinski definition) is 1. The zero-order chi connectivity index (χ0) is 15.4. The molecule has 0 saturated carbocycles. The first kappa shape index (κ1) is 14.4. The summed E-state index contributed by atoms with van der Waals surface area (Å²) in [5.74, 6) is 6.83. The minimum absolute atomic E-state index is 0.527. The van der Waals surface area contributed by atoms with Crippen molar-refractivity contribution < 1.29 is 0 Å². The monoisotopic (exact) mass is 288 g/mol. The Morgan fingerprint density at radius 3 is 2.82 bits per heavy atom. The number of rotatable bonds is 3. The summed E-state index contributed by atoms with van der Waals surface area (Å²) in [6.07, 6.45) is 3.54. The summed E-state index contributed by atoms with van der Waals surface area (Å²) in [4.78, 5) is 7.77. The molecule has 0 fully saturated rings. The van der Waals surface area contributed by atoms with E-state index in [0.717, 1.165) is 18.5 Å². The third-order valence-electron chi connectivity index (χ3n) is 3.77. The average Bonchev–Trinajstić information content (AvgIpc) is 2.95. The van der Waals surface area contributed by atoms with E-state index in [9.17, 15) is 0 Å². The van der Waals surface area contributed by atoms with Gasteiger partial charge in [0.1, 0.15) is 5.69 Å². The number of pyridine rings is 1. The Bertz CT molecular complexity index is 817. The fourth-order valence-electron chi connectivity index (χ4n) is 2.64. The first-order valence-corrected chi connectivity index (χ1v) is 7.74. The van der Waals surface area contributed by atoms with Crippen molar-refractivity contribution >= 4 is 10.9 Å². The third-order valence-corrected chi connectivity index (χ3v) is 3.77. The topological polar surface area (TPSA) is 28.7 Å². The number of aromatic amines is 1. The van der Waals surface area contributed by atoms with Crippen LogP contribution in [-0.4, -0.2) is 9.97 Å². The molecular formula is C20H20N2. The van der Waals surface area contributed by atoms with Crippen LogP contribution in [0.3, 0.4) is 0 Å². The molecule has 1 aromatic carbocycles. The normalized spacial score (nSPS) is 10.7. The summed E-state index contributed by atoms with van der Waals surface area (Å²) < 4.78 is 0. The molecule has 0 radical (unpaired) electrons. The van der Waals surface area contributed by atoms with E-state index in [0.29, 0.717) is 5.92 Å². The predicted molar refractivity (Wildman–Crippen MR) is 91.8 cm³/mol. The second kappa shape index (κ2) is 6.49. The number of nitrogens with one attached hydrogen (secondary N) is 1. The minimum Gasteiger partial charge on any atom is -0.358 e. The number of hydrogen-bond donors (Lipinski definition) is 1. The van der Waals surface area contributed by atoms with Gasteiger partial charge in [-0.3, -0.25) is 0 Å². The predicted octanol–water partition coefficient (Wildman–Crippen LogP) is 4.67. The molecule has 110 valence electrons. The minimum atomic E-state index is 0.527. The van der Waals surface area contributed by atoms with Crippen LogP contribution in [0, 0.1) is 11.8 Å². The Morgan fingerprint density at radius 1 is 1.14 bits per heavy atom. The number of aryl methyl sites for hydroxylation is 1. The molecule has 2 nitrogen and oxygen atoms in total. The molecular weight excluding hydrogens is 268 g/mol. The van der Waals surface area contributed by atoms with Gasteiger partial charge in [0, 0.05) is 23.8 Å². The SMILES string of the molecule is CC(C)c1cccc2cc(CCC#Cc3ccccn3)[nH]c12. The zero-order valence-corrected chi connectivity index (χ0v) is 13.1. The van der Waals surface area contributed by atoms with Crippen LogP contribution in [0.4, 0.5) is 0 Å². The summed E-state index contributed by atoms with van der Waals surface area (Å²) in [7, 11) is 0. The first-order valence-electron chi connectivity index (χ1n) is 7.74. The quantitative estimate of drug-likeness (QED) is 0.697. The van der Waals surface area contributed by atoms with Crippen molar-refractivity contribution in [3.63, 3.8) is 0 Å². The Hall–Kier alpha value is -2.53. The van der Waals surface area contributed by atoms with Crippen LogP contribution >= 0.6 is 0 Å². The lowest BCUT2D eigenvalue weighted by Crippen LogP contribution is -1.89. The summed E-state index contributed by atoms with van der Waals surface area (Å²) in [6, 6.07) is 14.5. The maximum absolute atomic E-state index is 4.21. The molecule has 0 aliphatic heterocycles. The lowest BCUT2D eigenvalue weighted by molar-refractivity contribution is 0.872. The number of para-hydroxylation sites is 1. The van der Waals surface area contributed by atoms with E-state index < -0.39 is 0 Å². The average molecular weight is 288 g/mol. The van der Waals surface area contributed by atoms with Gasteiger partial charge in [-0.2, -0.15) is 0 Å². The van der Waals surface area contributed by atoms with Crippen molar-refractivity contribution in [2.45, 2.75) is 32.6 Å². The molecule has 0 saturated heterocycles. The van der Waals surface area contributed by atoms with Crippen molar-refractivity contribution in [3.05, 3.63) is 65.6 Å². The maximum atomic E-state index is 4.21. The van der Waals surface area contributed by atoms with Crippen LogP contribution in [0.15, 0.2) is 48.7 Å². The highest BCUT2D eigenvalue weighted by molar-refractivity contribution is 5.84. The molecule has 0 amide bonds. The molecule has 3 aromatic rings. The van der Waals surface area contributed by atoms with E-state index in [4.69, 9.17) is 0 Å². The van der Waals surface area contributed by atoms with Gasteiger partial charge in [0.2, 0.25) is 0 Å². The molecule has 0 atom stereocenters. The highest BCUT2D eigenvalue weighted by atomic mass is 14.7. The summed E-state index contributed by atoms with van der Waals surface area (Å²) >= 11 is 0. The van der Waals surface area contributed by atoms with Crippen LogP contribution in [-0.2, 0) is 6.42 Å². The van der Waals surface area contributed by atoms with Gasteiger partial charge < -0.3 is 4.98 Å². The van der Waals surface area contributed by atoms with Crippen molar-refractivity contribution in [1.29, 1.82) is 0 Å². The Kier molecular flexibility index (Phi) is 4.25. The maximum Gasteiger partial charge on any atom is 0.113 e. The van der Waals surface area contributed by atoms with Gasteiger partial charge in [0.05, 0.1) is 0 Å². The molecule has 2 heterocycles. The van der Waals surface area contributed by atoms with E-state index in [1.54, 1.807) is 6.20 Å². The fraction of sp³-hybridized carbons (Fsp3) is 0.250. The van der Waals surface area contributed by atoms with Crippen molar-refractivity contribution in [3.8, 4) is 11.8 Å². The zero-order valence-electron chi connectivity index (χ0n) is 13.1. The summed E-state index contributed by atoms with van der Waals surface area (Å²) in [5.41, 5.74) is 4.73. The van der Waals surface area contributed by atoms with Gasteiger partial charge in [-0.25, -0.2) is 4.98 Å². The lowest BCUT2D eigenvalue weighted by Gasteiger charge is -2.06. The van der Waals surface area contributed by atoms with Crippen molar-refractivity contribution in [2.24, 2.45) is 0 Å². The van der Waals surface area contributed by atoms with E-state index >= 15 is 0 Å². The molecule has 0 aliphatic rings. The second-order valence-electron chi connectivity index (χ2n) is 5.78. The number of H-pyrrole nitrogens is 1. The molecule has 0 bridgehead atoms. The number of fused-ring (bicyclic) bond motifs is 1. The van der Waals surface area contributed by atoms with Crippen LogP contribution < -0.4 is 0 Å². The fourth-order valence-corrected chi connectivity index (χ4v) is 2.64. The van der Waals surface area contributed by atoms with Gasteiger partial charge in [-0.15, -0.1) is 0 Å². The standard InChI is InChI=1S/C20H20N2/c1-15(2)19-12-7-8-16-14-18(22-20(16)19)11-4-3-9-17-10-5-6-13-21-17/h5-8,10,12-15,22H,4,11H2,1-2H3. The Morgan fingerprint density at radius 2 is 2.05 bits per heavy atom. The second-order valence-corrected chi connectivity index (χ2v) is 5.78. The van der Waals surface area contributed by atoms with E-state index in [1.165, 1.54) is 22.2 Å². The molecule has 2 aromatic heterocycles. The van der Waals surface area contributed by atoms with Crippen LogP contribution in [0.1, 0.15) is 43.1 Å². The van der Waals surface area contributed by atoms with Gasteiger partial charge >= 0.3 is 0 Å². The lowest BCUT2D eigenvalue weighted by atomic mass is 10.0. The van der Waals surface area contributed by atoms with Gasteiger partial charge in [-0.05, 0) is 47.4 Å². The number of nitrogens with zero attached hydrogens (tertiary/aromatic N) is 1. The van der Waals surface area contributed by atoms with Crippen LogP contribution in [0.25, 0.3) is 10.9 Å². The summed E-state index contributed by atoms with van der Waals surface area (Å²) in [6.45, 7) is 4.46.